The third-order valence-electron chi connectivity index (χ3n) is 2.46. The fraction of sp³-hybridized carbons (Fsp3) is 0.462. The maximum Gasteiger partial charge on any atom is 0.344 e. The lowest BCUT2D eigenvalue weighted by Crippen LogP contribution is -2.24. The van der Waals surface area contributed by atoms with Gasteiger partial charge < -0.3 is 15.2 Å². The van der Waals surface area contributed by atoms with Crippen molar-refractivity contribution in [3.63, 3.8) is 0 Å². The van der Waals surface area contributed by atoms with Gasteiger partial charge in [0, 0.05) is 6.54 Å². The summed E-state index contributed by atoms with van der Waals surface area (Å²) in [5.74, 6) is -3.75. The fourth-order valence-corrected chi connectivity index (χ4v) is 1.46. The molecule has 1 aromatic rings. The topological polar surface area (TPSA) is 58.6 Å². The molecule has 19 heavy (non-hydrogen) atoms. The second kappa shape index (κ2) is 7.04. The standard InChI is InChI=1S/C13H17F2NO3/c1-3-4-16-7-9-5-10(14)12(11(15)6-9)19-8(2)13(17)18/h5-6,8,16H,3-4,7H2,1-2H3,(H,17,18). The highest BCUT2D eigenvalue weighted by atomic mass is 19.1. The van der Waals surface area contributed by atoms with E-state index in [1.807, 2.05) is 6.92 Å². The van der Waals surface area contributed by atoms with Gasteiger partial charge in [0.1, 0.15) is 0 Å². The first-order valence-electron chi connectivity index (χ1n) is 6.03. The van der Waals surface area contributed by atoms with Gasteiger partial charge in [-0.1, -0.05) is 6.92 Å². The van der Waals surface area contributed by atoms with Gasteiger partial charge in [0.25, 0.3) is 0 Å². The van der Waals surface area contributed by atoms with Gasteiger partial charge in [0.05, 0.1) is 0 Å². The lowest BCUT2D eigenvalue weighted by atomic mass is 10.2. The summed E-state index contributed by atoms with van der Waals surface area (Å²) in [5, 5.41) is 11.7. The van der Waals surface area contributed by atoms with Crippen LogP contribution in [0.15, 0.2) is 12.1 Å². The number of rotatable bonds is 7. The number of carboxylic acid groups (broad SMARTS) is 1. The zero-order valence-electron chi connectivity index (χ0n) is 10.9. The summed E-state index contributed by atoms with van der Waals surface area (Å²) in [4.78, 5) is 10.6. The van der Waals surface area contributed by atoms with E-state index in [4.69, 9.17) is 9.84 Å². The van der Waals surface area contributed by atoms with Crippen molar-refractivity contribution in [2.24, 2.45) is 0 Å². The van der Waals surface area contributed by atoms with E-state index in [1.54, 1.807) is 0 Å². The van der Waals surface area contributed by atoms with Crippen molar-refractivity contribution in [3.05, 3.63) is 29.3 Å². The second-order valence-electron chi connectivity index (χ2n) is 4.16. The maximum absolute atomic E-state index is 13.7. The normalized spacial score (nSPS) is 12.2. The molecule has 0 saturated heterocycles. The van der Waals surface area contributed by atoms with Crippen molar-refractivity contribution in [2.45, 2.75) is 32.9 Å². The van der Waals surface area contributed by atoms with Crippen molar-refractivity contribution >= 4 is 5.97 Å². The summed E-state index contributed by atoms with van der Waals surface area (Å²) in [6, 6.07) is 2.27. The highest BCUT2D eigenvalue weighted by Crippen LogP contribution is 2.24. The van der Waals surface area contributed by atoms with Gasteiger partial charge in [-0.25, -0.2) is 13.6 Å². The quantitative estimate of drug-likeness (QED) is 0.748. The Bertz CT molecular complexity index is 429. The van der Waals surface area contributed by atoms with E-state index in [1.165, 1.54) is 6.92 Å². The third-order valence-corrected chi connectivity index (χ3v) is 2.46. The molecule has 4 nitrogen and oxygen atoms in total. The van der Waals surface area contributed by atoms with E-state index < -0.39 is 29.5 Å². The van der Waals surface area contributed by atoms with E-state index in [2.05, 4.69) is 5.32 Å². The number of nitrogens with one attached hydrogen (secondary N) is 1. The van der Waals surface area contributed by atoms with Crippen LogP contribution < -0.4 is 10.1 Å². The molecule has 1 aromatic carbocycles. The van der Waals surface area contributed by atoms with Crippen LogP contribution in [0.2, 0.25) is 0 Å². The SMILES string of the molecule is CCCNCc1cc(F)c(OC(C)C(=O)O)c(F)c1. The van der Waals surface area contributed by atoms with E-state index in [0.29, 0.717) is 12.1 Å². The molecule has 0 radical (unpaired) electrons. The Kier molecular flexibility index (Phi) is 5.69. The molecule has 0 aliphatic carbocycles. The van der Waals surface area contributed by atoms with Crippen LogP contribution in [0, 0.1) is 11.6 Å². The fourth-order valence-electron chi connectivity index (χ4n) is 1.46. The van der Waals surface area contributed by atoms with Gasteiger partial charge in [-0.15, -0.1) is 0 Å². The van der Waals surface area contributed by atoms with Crippen molar-refractivity contribution < 1.29 is 23.4 Å². The zero-order chi connectivity index (χ0) is 14.4. The third kappa shape index (κ3) is 4.48. The number of hydrogen-bond donors (Lipinski definition) is 2. The smallest absolute Gasteiger partial charge is 0.344 e. The summed E-state index contributed by atoms with van der Waals surface area (Å²) in [7, 11) is 0. The molecular weight excluding hydrogens is 256 g/mol. The minimum Gasteiger partial charge on any atom is -0.479 e. The Balaban J connectivity index is 2.82. The van der Waals surface area contributed by atoms with Crippen molar-refractivity contribution in [2.75, 3.05) is 6.54 Å². The monoisotopic (exact) mass is 273 g/mol. The van der Waals surface area contributed by atoms with Crippen LogP contribution in [0.4, 0.5) is 8.78 Å². The molecule has 0 amide bonds. The predicted octanol–water partition coefficient (Wildman–Crippen LogP) is 2.32. The minimum absolute atomic E-state index is 0.344. The highest BCUT2D eigenvalue weighted by molar-refractivity contribution is 5.72. The maximum atomic E-state index is 13.7. The van der Waals surface area contributed by atoms with Gasteiger partial charge in [0.15, 0.2) is 23.5 Å². The van der Waals surface area contributed by atoms with Crippen LogP contribution in [-0.4, -0.2) is 23.7 Å². The van der Waals surface area contributed by atoms with Crippen molar-refractivity contribution in [1.82, 2.24) is 5.32 Å². The number of ether oxygens (including phenoxy) is 1. The number of halogens is 2. The number of aliphatic carboxylic acids is 1. The first-order chi connectivity index (χ1) is 8.95. The molecule has 1 unspecified atom stereocenters. The molecule has 0 aromatic heterocycles. The summed E-state index contributed by atoms with van der Waals surface area (Å²) in [5.41, 5.74) is 0.443. The lowest BCUT2D eigenvalue weighted by molar-refractivity contribution is -0.144. The summed E-state index contributed by atoms with van der Waals surface area (Å²) in [6.07, 6.45) is -0.393. The second-order valence-corrected chi connectivity index (χ2v) is 4.16. The Hall–Kier alpha value is -1.69. The average Bonchev–Trinajstić information content (AvgIpc) is 2.33. The molecule has 0 saturated carbocycles. The molecular formula is C13H17F2NO3. The molecule has 2 N–H and O–H groups in total. The lowest BCUT2D eigenvalue weighted by Gasteiger charge is -2.13. The number of benzene rings is 1. The zero-order valence-corrected chi connectivity index (χ0v) is 10.9. The average molecular weight is 273 g/mol. The minimum atomic E-state index is -1.31. The van der Waals surface area contributed by atoms with Gasteiger partial charge in [-0.2, -0.15) is 0 Å². The van der Waals surface area contributed by atoms with Gasteiger partial charge >= 0.3 is 5.97 Å². The Labute approximate surface area is 110 Å². The van der Waals surface area contributed by atoms with E-state index in [0.717, 1.165) is 25.1 Å². The Morgan fingerprint density at radius 1 is 1.42 bits per heavy atom. The highest BCUT2D eigenvalue weighted by Gasteiger charge is 2.19. The number of hydrogen-bond acceptors (Lipinski definition) is 3. The molecule has 1 atom stereocenters. The van der Waals surface area contributed by atoms with Crippen LogP contribution >= 0.6 is 0 Å². The van der Waals surface area contributed by atoms with E-state index in [9.17, 15) is 13.6 Å². The van der Waals surface area contributed by atoms with Gasteiger partial charge in [-0.3, -0.25) is 0 Å². The van der Waals surface area contributed by atoms with Crippen LogP contribution in [0.1, 0.15) is 25.8 Å². The summed E-state index contributed by atoms with van der Waals surface area (Å²) in [6.45, 7) is 4.28. The molecule has 1 rings (SSSR count). The molecule has 0 fully saturated rings. The number of carbonyl (C=O) groups is 1. The molecule has 0 spiro atoms. The molecule has 0 aliphatic heterocycles. The van der Waals surface area contributed by atoms with Crippen LogP contribution in [-0.2, 0) is 11.3 Å². The van der Waals surface area contributed by atoms with Gasteiger partial charge in [-0.05, 0) is 37.6 Å². The first-order valence-corrected chi connectivity index (χ1v) is 6.03. The molecule has 0 bridgehead atoms. The summed E-state index contributed by atoms with van der Waals surface area (Å²) >= 11 is 0. The molecule has 6 heteroatoms. The van der Waals surface area contributed by atoms with Gasteiger partial charge in [0.2, 0.25) is 0 Å². The van der Waals surface area contributed by atoms with E-state index >= 15 is 0 Å². The first kappa shape index (κ1) is 15.4. The largest absolute Gasteiger partial charge is 0.479 e. The van der Waals surface area contributed by atoms with Crippen LogP contribution in [0.5, 0.6) is 5.75 Å². The van der Waals surface area contributed by atoms with Crippen molar-refractivity contribution in [3.8, 4) is 5.75 Å². The van der Waals surface area contributed by atoms with E-state index in [-0.39, 0.29) is 0 Å². The van der Waals surface area contributed by atoms with Crippen LogP contribution in [0.25, 0.3) is 0 Å². The molecule has 0 heterocycles. The number of carboxylic acids is 1. The van der Waals surface area contributed by atoms with Crippen molar-refractivity contribution in [1.29, 1.82) is 0 Å². The molecule has 0 aliphatic rings. The predicted molar refractivity (Wildman–Crippen MR) is 66.1 cm³/mol. The Morgan fingerprint density at radius 3 is 2.47 bits per heavy atom. The van der Waals surface area contributed by atoms with Crippen LogP contribution in [0.3, 0.4) is 0 Å². The summed E-state index contributed by atoms with van der Waals surface area (Å²) < 4.78 is 32.1. The Morgan fingerprint density at radius 2 is 2.00 bits per heavy atom. The molecule has 106 valence electrons.